The molecule has 1 aromatic carbocycles. The number of rotatable bonds is 4. The molecule has 0 bridgehead atoms. The third-order valence-corrected chi connectivity index (χ3v) is 3.41. The number of methoxy groups -OCH3 is 1. The Balaban J connectivity index is 2.16. The van der Waals surface area contributed by atoms with Crippen molar-refractivity contribution in [3.8, 4) is 11.8 Å². The topological polar surface area (TPSA) is 85.6 Å². The smallest absolute Gasteiger partial charge is 0.322 e. The summed E-state index contributed by atoms with van der Waals surface area (Å²) >= 11 is 0. The van der Waals surface area contributed by atoms with E-state index in [2.05, 4.69) is 11.4 Å². The van der Waals surface area contributed by atoms with Gasteiger partial charge in [0.2, 0.25) is 0 Å². The van der Waals surface area contributed by atoms with E-state index in [0.29, 0.717) is 30.9 Å². The summed E-state index contributed by atoms with van der Waals surface area (Å²) in [7, 11) is 1.52. The van der Waals surface area contributed by atoms with Crippen molar-refractivity contribution in [3.63, 3.8) is 0 Å². The number of carbonyl (C=O) groups is 1. The fourth-order valence-electron chi connectivity index (χ4n) is 2.34. The molecule has 2 N–H and O–H groups in total. The van der Waals surface area contributed by atoms with Crippen LogP contribution in [0.15, 0.2) is 18.2 Å². The van der Waals surface area contributed by atoms with E-state index in [1.165, 1.54) is 7.11 Å². The summed E-state index contributed by atoms with van der Waals surface area (Å²) in [5.74, 6) is -0.301. The summed E-state index contributed by atoms with van der Waals surface area (Å²) in [6.45, 7) is 2.43. The van der Waals surface area contributed by atoms with Crippen molar-refractivity contribution in [3.05, 3.63) is 29.3 Å². The van der Waals surface area contributed by atoms with Crippen LogP contribution in [-0.2, 0) is 11.3 Å². The first-order chi connectivity index (χ1) is 9.65. The standard InChI is InChI=1S/C14H17N3O3/c1-20-13-6-10(2-3-11(13)7-15)9-17-5-4-16-8-12(17)14(18)19/h2-3,6,12,16H,4-5,8-9H2,1H3,(H,18,19). The molecule has 106 valence electrons. The lowest BCUT2D eigenvalue weighted by molar-refractivity contribution is -0.144. The van der Waals surface area contributed by atoms with Gasteiger partial charge in [0, 0.05) is 26.2 Å². The SMILES string of the molecule is COc1cc(CN2CCNCC2C(=O)O)ccc1C#N. The fourth-order valence-corrected chi connectivity index (χ4v) is 2.34. The second-order valence-electron chi connectivity index (χ2n) is 4.68. The molecule has 0 amide bonds. The molecule has 6 heteroatoms. The average molecular weight is 275 g/mol. The monoisotopic (exact) mass is 275 g/mol. The van der Waals surface area contributed by atoms with Crippen LogP contribution in [0.2, 0.25) is 0 Å². The highest BCUT2D eigenvalue weighted by Crippen LogP contribution is 2.21. The summed E-state index contributed by atoms with van der Waals surface area (Å²) in [6.07, 6.45) is 0. The third kappa shape index (κ3) is 3.07. The van der Waals surface area contributed by atoms with Crippen molar-refractivity contribution in [1.29, 1.82) is 5.26 Å². The van der Waals surface area contributed by atoms with E-state index < -0.39 is 12.0 Å². The van der Waals surface area contributed by atoms with E-state index in [4.69, 9.17) is 10.00 Å². The number of nitrogens with one attached hydrogen (secondary N) is 1. The van der Waals surface area contributed by atoms with Crippen LogP contribution >= 0.6 is 0 Å². The minimum Gasteiger partial charge on any atom is -0.495 e. The number of benzene rings is 1. The van der Waals surface area contributed by atoms with Gasteiger partial charge in [-0.25, -0.2) is 0 Å². The van der Waals surface area contributed by atoms with Crippen LogP contribution in [0.3, 0.4) is 0 Å². The molecule has 2 rings (SSSR count). The molecule has 1 aliphatic rings. The molecule has 0 spiro atoms. The van der Waals surface area contributed by atoms with E-state index in [9.17, 15) is 9.90 Å². The molecule has 20 heavy (non-hydrogen) atoms. The van der Waals surface area contributed by atoms with Crippen LogP contribution in [0, 0.1) is 11.3 Å². The molecule has 6 nitrogen and oxygen atoms in total. The minimum absolute atomic E-state index is 0.447. The summed E-state index contributed by atoms with van der Waals surface area (Å²) in [5, 5.41) is 21.3. The number of nitrogens with zero attached hydrogens (tertiary/aromatic N) is 2. The van der Waals surface area contributed by atoms with Gasteiger partial charge in [0.25, 0.3) is 0 Å². The molecule has 1 atom stereocenters. The number of carboxylic acids is 1. The van der Waals surface area contributed by atoms with Crippen LogP contribution in [-0.4, -0.2) is 48.8 Å². The van der Waals surface area contributed by atoms with Gasteiger partial charge in [-0.15, -0.1) is 0 Å². The van der Waals surface area contributed by atoms with Gasteiger partial charge in [0.1, 0.15) is 17.9 Å². The number of nitriles is 1. The van der Waals surface area contributed by atoms with Gasteiger partial charge in [-0.3, -0.25) is 9.69 Å². The lowest BCUT2D eigenvalue weighted by Crippen LogP contribution is -2.54. The van der Waals surface area contributed by atoms with Crippen molar-refractivity contribution in [2.24, 2.45) is 0 Å². The molecule has 1 heterocycles. The number of hydrogen-bond acceptors (Lipinski definition) is 5. The fraction of sp³-hybridized carbons (Fsp3) is 0.429. The minimum atomic E-state index is -0.821. The predicted octanol–water partition coefficient (Wildman–Crippen LogP) is 0.425. The van der Waals surface area contributed by atoms with Gasteiger partial charge >= 0.3 is 5.97 Å². The number of carboxylic acid groups (broad SMARTS) is 1. The Labute approximate surface area is 117 Å². The number of hydrogen-bond donors (Lipinski definition) is 2. The molecule has 0 aromatic heterocycles. The van der Waals surface area contributed by atoms with Crippen molar-refractivity contribution in [2.75, 3.05) is 26.7 Å². The Kier molecular flexibility index (Phi) is 4.56. The first kappa shape index (κ1) is 14.3. The molecule has 1 saturated heterocycles. The Hall–Kier alpha value is -2.10. The largest absolute Gasteiger partial charge is 0.495 e. The van der Waals surface area contributed by atoms with Gasteiger partial charge in [0.05, 0.1) is 12.7 Å². The maximum Gasteiger partial charge on any atom is 0.322 e. The first-order valence-corrected chi connectivity index (χ1v) is 6.40. The second-order valence-corrected chi connectivity index (χ2v) is 4.68. The molecular weight excluding hydrogens is 258 g/mol. The van der Waals surface area contributed by atoms with Crippen LogP contribution in [0.25, 0.3) is 0 Å². The lowest BCUT2D eigenvalue weighted by Gasteiger charge is -2.33. The van der Waals surface area contributed by atoms with Crippen LogP contribution in [0.1, 0.15) is 11.1 Å². The summed E-state index contributed by atoms with van der Waals surface area (Å²) in [5.41, 5.74) is 1.42. The number of ether oxygens (including phenoxy) is 1. The van der Waals surface area contributed by atoms with E-state index in [1.807, 2.05) is 11.0 Å². The highest BCUT2D eigenvalue weighted by atomic mass is 16.5. The zero-order valence-electron chi connectivity index (χ0n) is 11.3. The van der Waals surface area contributed by atoms with Crippen LogP contribution in [0.4, 0.5) is 0 Å². The highest BCUT2D eigenvalue weighted by molar-refractivity contribution is 5.74. The maximum atomic E-state index is 11.2. The zero-order chi connectivity index (χ0) is 14.5. The van der Waals surface area contributed by atoms with Crippen LogP contribution in [0.5, 0.6) is 5.75 Å². The Morgan fingerprint density at radius 2 is 2.45 bits per heavy atom. The summed E-state index contributed by atoms with van der Waals surface area (Å²) in [4.78, 5) is 13.1. The van der Waals surface area contributed by atoms with Crippen molar-refractivity contribution in [2.45, 2.75) is 12.6 Å². The molecule has 0 saturated carbocycles. The zero-order valence-corrected chi connectivity index (χ0v) is 11.3. The molecule has 1 fully saturated rings. The van der Waals surface area contributed by atoms with Crippen LogP contribution < -0.4 is 10.1 Å². The van der Waals surface area contributed by atoms with Gasteiger partial charge in [0.15, 0.2) is 0 Å². The predicted molar refractivity (Wildman–Crippen MR) is 72.4 cm³/mol. The Morgan fingerprint density at radius 3 is 3.10 bits per heavy atom. The molecular formula is C14H17N3O3. The van der Waals surface area contributed by atoms with E-state index in [-0.39, 0.29) is 0 Å². The lowest BCUT2D eigenvalue weighted by atomic mass is 10.1. The molecule has 0 aliphatic carbocycles. The van der Waals surface area contributed by atoms with E-state index >= 15 is 0 Å². The number of piperazine rings is 1. The van der Waals surface area contributed by atoms with Gasteiger partial charge in [-0.2, -0.15) is 5.26 Å². The normalized spacial score (nSPS) is 19.3. The van der Waals surface area contributed by atoms with Gasteiger partial charge < -0.3 is 15.2 Å². The average Bonchev–Trinajstić information content (AvgIpc) is 2.47. The Bertz CT molecular complexity index is 539. The quantitative estimate of drug-likeness (QED) is 0.828. The summed E-state index contributed by atoms with van der Waals surface area (Å²) in [6, 6.07) is 6.87. The molecule has 1 unspecified atom stereocenters. The molecule has 0 radical (unpaired) electrons. The third-order valence-electron chi connectivity index (χ3n) is 3.41. The van der Waals surface area contributed by atoms with E-state index in [1.54, 1.807) is 12.1 Å². The van der Waals surface area contributed by atoms with E-state index in [0.717, 1.165) is 12.1 Å². The second kappa shape index (κ2) is 6.37. The molecule has 1 aromatic rings. The van der Waals surface area contributed by atoms with Gasteiger partial charge in [-0.05, 0) is 17.7 Å². The van der Waals surface area contributed by atoms with Crippen molar-refractivity contribution in [1.82, 2.24) is 10.2 Å². The highest BCUT2D eigenvalue weighted by Gasteiger charge is 2.28. The van der Waals surface area contributed by atoms with Crippen molar-refractivity contribution >= 4 is 5.97 Å². The first-order valence-electron chi connectivity index (χ1n) is 6.40. The Morgan fingerprint density at radius 1 is 1.65 bits per heavy atom. The molecule has 1 aliphatic heterocycles. The maximum absolute atomic E-state index is 11.2. The number of aliphatic carboxylic acids is 1. The van der Waals surface area contributed by atoms with Crippen molar-refractivity contribution < 1.29 is 14.6 Å². The van der Waals surface area contributed by atoms with Gasteiger partial charge in [-0.1, -0.05) is 6.07 Å². The summed E-state index contributed by atoms with van der Waals surface area (Å²) < 4.78 is 5.17.